The molecule has 0 fully saturated rings. The number of hydrogen-bond donors (Lipinski definition) is 1. The van der Waals surface area contributed by atoms with E-state index in [2.05, 4.69) is 6.07 Å². The van der Waals surface area contributed by atoms with E-state index in [1.165, 1.54) is 0 Å². The van der Waals surface area contributed by atoms with Gasteiger partial charge in [0.05, 0.1) is 12.2 Å². The maximum atomic E-state index is 9.38. The van der Waals surface area contributed by atoms with Crippen LogP contribution in [0.1, 0.15) is 16.8 Å². The Bertz CT molecular complexity index is 890. The van der Waals surface area contributed by atoms with Crippen molar-refractivity contribution >= 4 is 17.3 Å². The predicted octanol–water partition coefficient (Wildman–Crippen LogP) is 4.74. The first-order valence-electron chi connectivity index (χ1n) is 7.45. The summed E-state index contributed by atoms with van der Waals surface area (Å²) in [7, 11) is 0. The fraction of sp³-hybridized carbons (Fsp3) is 0.105. The van der Waals surface area contributed by atoms with Crippen molar-refractivity contribution in [2.45, 2.75) is 13.5 Å². The van der Waals surface area contributed by atoms with Gasteiger partial charge in [0.25, 0.3) is 0 Å². The summed E-state index contributed by atoms with van der Waals surface area (Å²) in [4.78, 5) is 0. The number of anilines is 1. The largest absolute Gasteiger partial charge is 0.439 e. The maximum Gasteiger partial charge on any atom is 0.224 e. The first-order chi connectivity index (χ1) is 11.6. The molecule has 1 heterocycles. The van der Waals surface area contributed by atoms with E-state index in [0.717, 1.165) is 11.1 Å². The van der Waals surface area contributed by atoms with Crippen molar-refractivity contribution in [1.29, 1.82) is 5.26 Å². The lowest BCUT2D eigenvalue weighted by Gasteiger charge is -2.13. The van der Waals surface area contributed by atoms with E-state index in [1.807, 2.05) is 55.5 Å². The molecule has 0 spiro atoms. The molecule has 0 amide bonds. The van der Waals surface area contributed by atoms with Crippen LogP contribution in [0, 0.1) is 18.3 Å². The van der Waals surface area contributed by atoms with Gasteiger partial charge in [-0.05, 0) is 36.8 Å². The number of halogens is 1. The summed E-state index contributed by atoms with van der Waals surface area (Å²) in [6, 6.07) is 18.9. The van der Waals surface area contributed by atoms with Gasteiger partial charge in [0.1, 0.15) is 17.5 Å². The summed E-state index contributed by atoms with van der Waals surface area (Å²) in [6.07, 6.45) is 0. The summed E-state index contributed by atoms with van der Waals surface area (Å²) in [5, 5.41) is 10.0. The molecule has 1 aromatic heterocycles. The molecule has 0 saturated carbocycles. The van der Waals surface area contributed by atoms with Gasteiger partial charge in [0.15, 0.2) is 0 Å². The Morgan fingerprint density at radius 1 is 1.12 bits per heavy atom. The molecular formula is C19H16ClN3O. The van der Waals surface area contributed by atoms with Gasteiger partial charge >= 0.3 is 0 Å². The van der Waals surface area contributed by atoms with Gasteiger partial charge in [0, 0.05) is 11.1 Å². The van der Waals surface area contributed by atoms with Crippen molar-refractivity contribution in [2.75, 3.05) is 5.73 Å². The van der Waals surface area contributed by atoms with Gasteiger partial charge in [-0.1, -0.05) is 41.4 Å². The maximum absolute atomic E-state index is 9.38. The summed E-state index contributed by atoms with van der Waals surface area (Å²) in [5.74, 6) is 1.14. The molecule has 0 saturated heterocycles. The molecule has 0 aliphatic rings. The van der Waals surface area contributed by atoms with E-state index in [4.69, 9.17) is 22.1 Å². The highest BCUT2D eigenvalue weighted by atomic mass is 35.5. The number of nitrogens with zero attached hydrogens (tertiary/aromatic N) is 2. The molecule has 24 heavy (non-hydrogen) atoms. The molecule has 0 aliphatic heterocycles. The summed E-state index contributed by atoms with van der Waals surface area (Å²) >= 11 is 5.92. The van der Waals surface area contributed by atoms with Gasteiger partial charge in [-0.3, -0.25) is 4.57 Å². The van der Waals surface area contributed by atoms with E-state index in [1.54, 1.807) is 10.6 Å². The molecule has 120 valence electrons. The van der Waals surface area contributed by atoms with Crippen LogP contribution >= 0.6 is 11.6 Å². The SMILES string of the molecule is Cc1ccc(Oc2c(N)cc(C#N)n2Cc2ccc(Cl)cc2)cc1. The Hall–Kier alpha value is -2.90. The van der Waals surface area contributed by atoms with Crippen molar-refractivity contribution in [3.63, 3.8) is 0 Å². The lowest BCUT2D eigenvalue weighted by molar-refractivity contribution is 0.437. The lowest BCUT2D eigenvalue weighted by atomic mass is 10.2. The van der Waals surface area contributed by atoms with Crippen molar-refractivity contribution < 1.29 is 4.74 Å². The molecule has 5 heteroatoms. The summed E-state index contributed by atoms with van der Waals surface area (Å²) in [5.41, 5.74) is 9.08. The molecule has 0 aliphatic carbocycles. The molecule has 3 aromatic rings. The third-order valence-corrected chi connectivity index (χ3v) is 3.93. The lowest BCUT2D eigenvalue weighted by Crippen LogP contribution is -2.05. The van der Waals surface area contributed by atoms with Crippen molar-refractivity contribution in [2.24, 2.45) is 0 Å². The summed E-state index contributed by atoms with van der Waals surface area (Å²) < 4.78 is 7.70. The highest BCUT2D eigenvalue weighted by Gasteiger charge is 2.16. The zero-order valence-electron chi connectivity index (χ0n) is 13.2. The van der Waals surface area contributed by atoms with E-state index >= 15 is 0 Å². The fourth-order valence-electron chi connectivity index (χ4n) is 2.41. The molecular weight excluding hydrogens is 322 g/mol. The number of nitrogen functional groups attached to an aromatic ring is 1. The van der Waals surface area contributed by atoms with Gasteiger partial charge < -0.3 is 10.5 Å². The van der Waals surface area contributed by atoms with Crippen molar-refractivity contribution in [3.05, 3.63) is 76.4 Å². The molecule has 0 atom stereocenters. The van der Waals surface area contributed by atoms with Crippen LogP contribution in [0.2, 0.25) is 5.02 Å². The number of nitriles is 1. The van der Waals surface area contributed by atoms with Gasteiger partial charge in [-0.25, -0.2) is 0 Å². The zero-order chi connectivity index (χ0) is 17.1. The minimum absolute atomic E-state index is 0.432. The summed E-state index contributed by atoms with van der Waals surface area (Å²) in [6.45, 7) is 2.48. The van der Waals surface area contributed by atoms with Crippen LogP contribution in [0.15, 0.2) is 54.6 Å². The van der Waals surface area contributed by atoms with E-state index in [0.29, 0.717) is 34.6 Å². The standard InChI is InChI=1S/C19H16ClN3O/c1-13-2-8-17(9-3-13)24-19-18(22)10-16(11-21)23(19)12-14-4-6-15(20)7-5-14/h2-10H,12,22H2,1H3. The number of aromatic nitrogens is 1. The predicted molar refractivity (Wildman–Crippen MR) is 95.4 cm³/mol. The van der Waals surface area contributed by atoms with E-state index in [-0.39, 0.29) is 0 Å². The van der Waals surface area contributed by atoms with Crippen LogP contribution in [-0.4, -0.2) is 4.57 Å². The molecule has 0 bridgehead atoms. The number of nitrogens with two attached hydrogens (primary N) is 1. The topological polar surface area (TPSA) is 64.0 Å². The van der Waals surface area contributed by atoms with Crippen LogP contribution in [-0.2, 0) is 6.54 Å². The smallest absolute Gasteiger partial charge is 0.224 e. The average molecular weight is 338 g/mol. The van der Waals surface area contributed by atoms with Crippen LogP contribution in [0.5, 0.6) is 11.6 Å². The van der Waals surface area contributed by atoms with Crippen molar-refractivity contribution in [1.82, 2.24) is 4.57 Å². The second-order valence-corrected chi connectivity index (χ2v) is 5.97. The monoisotopic (exact) mass is 337 g/mol. The minimum atomic E-state index is 0.432. The Morgan fingerprint density at radius 2 is 1.79 bits per heavy atom. The number of hydrogen-bond acceptors (Lipinski definition) is 3. The second-order valence-electron chi connectivity index (χ2n) is 5.53. The van der Waals surface area contributed by atoms with E-state index < -0.39 is 0 Å². The third kappa shape index (κ3) is 3.37. The number of ether oxygens (including phenoxy) is 1. The third-order valence-electron chi connectivity index (χ3n) is 3.68. The molecule has 3 rings (SSSR count). The highest BCUT2D eigenvalue weighted by molar-refractivity contribution is 6.30. The first-order valence-corrected chi connectivity index (χ1v) is 7.82. The Morgan fingerprint density at radius 3 is 2.42 bits per heavy atom. The quantitative estimate of drug-likeness (QED) is 0.747. The van der Waals surface area contributed by atoms with Gasteiger partial charge in [-0.15, -0.1) is 0 Å². The first kappa shape index (κ1) is 16.0. The van der Waals surface area contributed by atoms with Crippen LogP contribution < -0.4 is 10.5 Å². The van der Waals surface area contributed by atoms with Crippen LogP contribution in [0.25, 0.3) is 0 Å². The molecule has 2 aromatic carbocycles. The second kappa shape index (κ2) is 6.69. The van der Waals surface area contributed by atoms with Crippen molar-refractivity contribution in [3.8, 4) is 17.7 Å². The molecule has 4 nitrogen and oxygen atoms in total. The highest BCUT2D eigenvalue weighted by Crippen LogP contribution is 2.32. The number of benzene rings is 2. The molecule has 0 radical (unpaired) electrons. The Balaban J connectivity index is 1.96. The fourth-order valence-corrected chi connectivity index (χ4v) is 2.53. The minimum Gasteiger partial charge on any atom is -0.439 e. The Kier molecular flexibility index (Phi) is 4.45. The van der Waals surface area contributed by atoms with Crippen LogP contribution in [0.4, 0.5) is 5.69 Å². The Labute approximate surface area is 145 Å². The van der Waals surface area contributed by atoms with E-state index in [9.17, 15) is 5.26 Å². The number of aryl methyl sites for hydroxylation is 1. The van der Waals surface area contributed by atoms with Gasteiger partial charge in [0.2, 0.25) is 5.88 Å². The average Bonchev–Trinajstić information content (AvgIpc) is 2.87. The zero-order valence-corrected chi connectivity index (χ0v) is 13.9. The van der Waals surface area contributed by atoms with Gasteiger partial charge in [-0.2, -0.15) is 5.26 Å². The normalized spacial score (nSPS) is 10.4. The molecule has 2 N–H and O–H groups in total. The van der Waals surface area contributed by atoms with Crippen LogP contribution in [0.3, 0.4) is 0 Å². The molecule has 0 unspecified atom stereocenters. The number of rotatable bonds is 4.